The molecule has 14 nitrogen and oxygen atoms in total. The monoisotopic (exact) mass is 542 g/mol. The maximum absolute atomic E-state index is 12.8. The van der Waals surface area contributed by atoms with Gasteiger partial charge in [0.05, 0.1) is 33.4 Å². The topological polar surface area (TPSA) is 208 Å². The number of hydrogen-bond donors (Lipinski definition) is 4. The Morgan fingerprint density at radius 1 is 0.500 bits per heavy atom. The van der Waals surface area contributed by atoms with Crippen LogP contribution in [0.3, 0.4) is 0 Å². The fourth-order valence-electron chi connectivity index (χ4n) is 4.08. The lowest BCUT2D eigenvalue weighted by Gasteiger charge is -2.16. The second-order valence-electron chi connectivity index (χ2n) is 8.49. The molecule has 2 heterocycles. The van der Waals surface area contributed by atoms with E-state index in [2.05, 4.69) is 10.9 Å². The minimum absolute atomic E-state index is 0.111. The summed E-state index contributed by atoms with van der Waals surface area (Å²) < 4.78 is 0. The highest BCUT2D eigenvalue weighted by Crippen LogP contribution is 2.24. The second kappa shape index (κ2) is 9.29. The van der Waals surface area contributed by atoms with Gasteiger partial charge >= 0.3 is 11.9 Å². The summed E-state index contributed by atoms with van der Waals surface area (Å²) in [5.74, 6) is -8.26. The Morgan fingerprint density at radius 2 is 0.875 bits per heavy atom. The predicted octanol–water partition coefficient (Wildman–Crippen LogP) is 0.965. The van der Waals surface area contributed by atoms with Gasteiger partial charge in [-0.15, -0.1) is 0 Å². The van der Waals surface area contributed by atoms with Gasteiger partial charge in [-0.05, 0) is 54.6 Å². The number of aromatic carboxylic acids is 2. The van der Waals surface area contributed by atoms with Gasteiger partial charge < -0.3 is 10.2 Å². The Labute approximate surface area is 222 Å². The van der Waals surface area contributed by atoms with Crippen LogP contribution in [0.25, 0.3) is 0 Å². The Kier molecular flexibility index (Phi) is 5.91. The van der Waals surface area contributed by atoms with E-state index in [0.717, 1.165) is 42.5 Å². The zero-order valence-electron chi connectivity index (χ0n) is 19.8. The lowest BCUT2D eigenvalue weighted by molar-refractivity contribution is 0.0515. The van der Waals surface area contributed by atoms with E-state index in [1.165, 1.54) is 18.2 Å². The van der Waals surface area contributed by atoms with Gasteiger partial charge in [-0.25, -0.2) is 9.59 Å². The third-order valence-electron chi connectivity index (χ3n) is 6.08. The van der Waals surface area contributed by atoms with Gasteiger partial charge in [-0.3, -0.25) is 39.6 Å². The highest BCUT2D eigenvalue weighted by atomic mass is 16.4. The van der Waals surface area contributed by atoms with E-state index < -0.39 is 47.4 Å². The van der Waals surface area contributed by atoms with E-state index in [4.69, 9.17) is 10.2 Å². The van der Waals surface area contributed by atoms with E-state index in [1.807, 2.05) is 0 Å². The molecular weight excluding hydrogens is 528 g/mol. The summed E-state index contributed by atoms with van der Waals surface area (Å²) in [6.07, 6.45) is 0. The first kappa shape index (κ1) is 25.5. The van der Waals surface area contributed by atoms with Crippen molar-refractivity contribution in [2.75, 3.05) is 0 Å². The molecule has 4 N–H and O–H groups in total. The van der Waals surface area contributed by atoms with Gasteiger partial charge in [0.15, 0.2) is 0 Å². The SMILES string of the molecule is O=C(O)c1ccc2c(c1)C(=O)N(NC(=O)c1cccc(C(=O)NN3C(=O)c4ccc(C(=O)O)cc4C3=O)c1)C2=O. The smallest absolute Gasteiger partial charge is 0.335 e. The molecule has 0 fully saturated rings. The first-order valence-electron chi connectivity index (χ1n) is 11.2. The molecule has 0 aromatic heterocycles. The van der Waals surface area contributed by atoms with E-state index in [0.29, 0.717) is 10.0 Å². The number of carbonyl (C=O) groups excluding carboxylic acids is 6. The summed E-state index contributed by atoms with van der Waals surface area (Å²) in [5.41, 5.74) is 2.78. The van der Waals surface area contributed by atoms with Crippen molar-refractivity contribution < 1.29 is 48.6 Å². The first-order valence-corrected chi connectivity index (χ1v) is 11.2. The molecule has 0 spiro atoms. The van der Waals surface area contributed by atoms with Crippen LogP contribution in [0.2, 0.25) is 0 Å². The molecule has 0 aliphatic carbocycles. The molecule has 198 valence electrons. The quantitative estimate of drug-likeness (QED) is 0.324. The van der Waals surface area contributed by atoms with Gasteiger partial charge in [0.1, 0.15) is 0 Å². The summed E-state index contributed by atoms with van der Waals surface area (Å²) in [6.45, 7) is 0. The highest BCUT2D eigenvalue weighted by Gasteiger charge is 2.39. The number of hydrazine groups is 2. The number of amides is 6. The molecule has 5 rings (SSSR count). The molecule has 3 aromatic rings. The normalized spacial score (nSPS) is 13.7. The number of carboxylic acid groups (broad SMARTS) is 2. The third kappa shape index (κ3) is 4.10. The standard InChI is InChI=1S/C26H14N4O10/c31-19(27-29-21(33)15-6-4-13(25(37)38)9-17(15)23(29)35)11-2-1-3-12(8-11)20(32)28-30-22(34)16-7-5-14(26(39)40)10-18(16)24(30)36/h1-10H,(H,27,31)(H,28,32)(H,37,38)(H,39,40). The number of nitrogens with one attached hydrogen (secondary N) is 2. The summed E-state index contributed by atoms with van der Waals surface area (Å²) >= 11 is 0. The van der Waals surface area contributed by atoms with Crippen LogP contribution in [0, 0.1) is 0 Å². The Morgan fingerprint density at radius 3 is 1.25 bits per heavy atom. The molecule has 2 aliphatic rings. The number of rotatable bonds is 6. The number of hydrogen-bond acceptors (Lipinski definition) is 8. The van der Waals surface area contributed by atoms with Crippen molar-refractivity contribution >= 4 is 47.4 Å². The second-order valence-corrected chi connectivity index (χ2v) is 8.49. The van der Waals surface area contributed by atoms with Gasteiger partial charge in [-0.2, -0.15) is 10.0 Å². The maximum atomic E-state index is 12.8. The van der Waals surface area contributed by atoms with Gasteiger partial charge in [0.25, 0.3) is 35.4 Å². The fourth-order valence-corrected chi connectivity index (χ4v) is 4.08. The molecule has 0 radical (unpaired) electrons. The molecule has 2 aliphatic heterocycles. The summed E-state index contributed by atoms with van der Waals surface area (Å²) in [6, 6.07) is 11.5. The van der Waals surface area contributed by atoms with Crippen LogP contribution in [0.5, 0.6) is 0 Å². The minimum atomic E-state index is -1.31. The predicted molar refractivity (Wildman–Crippen MR) is 129 cm³/mol. The molecule has 0 unspecified atom stereocenters. The lowest BCUT2D eigenvalue weighted by atomic mass is 10.1. The van der Waals surface area contributed by atoms with Crippen LogP contribution in [0.1, 0.15) is 82.9 Å². The molecule has 0 saturated heterocycles. The largest absolute Gasteiger partial charge is 0.478 e. The lowest BCUT2D eigenvalue weighted by Crippen LogP contribution is -2.46. The van der Waals surface area contributed by atoms with Crippen LogP contribution in [0.15, 0.2) is 60.7 Å². The van der Waals surface area contributed by atoms with Crippen LogP contribution < -0.4 is 10.9 Å². The Balaban J connectivity index is 1.31. The minimum Gasteiger partial charge on any atom is -0.478 e. The highest BCUT2D eigenvalue weighted by molar-refractivity contribution is 6.23. The van der Waals surface area contributed by atoms with E-state index in [-0.39, 0.29) is 44.5 Å². The van der Waals surface area contributed by atoms with Crippen LogP contribution in [0.4, 0.5) is 0 Å². The number of benzene rings is 3. The van der Waals surface area contributed by atoms with Crippen molar-refractivity contribution in [3.05, 3.63) is 105 Å². The zero-order valence-corrected chi connectivity index (χ0v) is 19.8. The van der Waals surface area contributed by atoms with Crippen molar-refractivity contribution in [3.8, 4) is 0 Å². The van der Waals surface area contributed by atoms with Crippen LogP contribution >= 0.6 is 0 Å². The first-order chi connectivity index (χ1) is 19.0. The number of imide groups is 2. The molecule has 0 saturated carbocycles. The van der Waals surface area contributed by atoms with E-state index >= 15 is 0 Å². The van der Waals surface area contributed by atoms with Crippen LogP contribution in [-0.4, -0.2) is 67.6 Å². The number of carboxylic acids is 2. The van der Waals surface area contributed by atoms with Gasteiger partial charge in [0.2, 0.25) is 0 Å². The van der Waals surface area contributed by atoms with Gasteiger partial charge in [-0.1, -0.05) is 6.07 Å². The Bertz CT molecular complexity index is 1620. The molecule has 40 heavy (non-hydrogen) atoms. The number of carbonyl (C=O) groups is 8. The summed E-state index contributed by atoms with van der Waals surface area (Å²) in [7, 11) is 0. The summed E-state index contributed by atoms with van der Waals surface area (Å²) in [4.78, 5) is 98.6. The number of nitrogens with zero attached hydrogens (tertiary/aromatic N) is 2. The van der Waals surface area contributed by atoms with Gasteiger partial charge in [0, 0.05) is 11.1 Å². The fraction of sp³-hybridized carbons (Fsp3) is 0. The van der Waals surface area contributed by atoms with Crippen LogP contribution in [-0.2, 0) is 0 Å². The zero-order chi connectivity index (χ0) is 28.9. The number of fused-ring (bicyclic) bond motifs is 2. The molecule has 0 atom stereocenters. The van der Waals surface area contributed by atoms with Crippen molar-refractivity contribution in [2.45, 2.75) is 0 Å². The third-order valence-corrected chi connectivity index (χ3v) is 6.08. The van der Waals surface area contributed by atoms with Crippen molar-refractivity contribution in [2.24, 2.45) is 0 Å². The molecule has 14 heteroatoms. The Hall–Kier alpha value is -6.18. The van der Waals surface area contributed by atoms with Crippen molar-refractivity contribution in [3.63, 3.8) is 0 Å². The molecular formula is C26H14N4O10. The summed E-state index contributed by atoms with van der Waals surface area (Å²) in [5, 5.41) is 19.1. The maximum Gasteiger partial charge on any atom is 0.335 e. The average molecular weight is 542 g/mol. The van der Waals surface area contributed by atoms with E-state index in [9.17, 15) is 38.4 Å². The molecule has 0 bridgehead atoms. The average Bonchev–Trinajstić information content (AvgIpc) is 3.32. The molecule has 6 amide bonds. The van der Waals surface area contributed by atoms with E-state index in [1.54, 1.807) is 0 Å². The molecule has 3 aromatic carbocycles. The van der Waals surface area contributed by atoms with Crippen molar-refractivity contribution in [1.29, 1.82) is 0 Å². The van der Waals surface area contributed by atoms with Crippen molar-refractivity contribution in [1.82, 2.24) is 20.9 Å².